The zero-order valence-corrected chi connectivity index (χ0v) is 16.6. The smallest absolute Gasteiger partial charge is 0.394 e. The third-order valence-corrected chi connectivity index (χ3v) is 6.14. The topological polar surface area (TPSA) is 68.4 Å². The summed E-state index contributed by atoms with van der Waals surface area (Å²) in [4.78, 5) is 17.7. The first kappa shape index (κ1) is 21.8. The monoisotopic (exact) mass is 443 g/mol. The summed E-state index contributed by atoms with van der Waals surface area (Å²) in [7, 11) is 1.78. The quantitative estimate of drug-likeness (QED) is 0.623. The fraction of sp³-hybridized carbons (Fsp3) is 0.476. The lowest BCUT2D eigenvalue weighted by atomic mass is 9.79. The number of rotatable bonds is 5. The molecule has 3 N–H and O–H groups in total. The number of hydrogen-bond donors (Lipinski definition) is 3. The number of halogens is 5. The number of alkyl halides is 5. The Balaban J connectivity index is 1.67. The standard InChI is InChI=1S/C21H22F5N3O2/c1-29-8-10(20(31)28-16(9-30)19(23)21(24,25)26)5-12-11-3-2-4-14-18(11)13(6-17(12)29)15(7-22)27-14/h2-5,10,16-17,19,27,30H,6-9H2,1H3,(H,28,31). The Kier molecular flexibility index (Phi) is 5.55. The molecule has 0 bridgehead atoms. The van der Waals surface area contributed by atoms with Gasteiger partial charge in [0.25, 0.3) is 0 Å². The number of likely N-dealkylation sites (N-methyl/N-ethyl adjacent to an activating group) is 1. The molecule has 1 aliphatic heterocycles. The minimum atomic E-state index is -5.19. The van der Waals surface area contributed by atoms with Gasteiger partial charge < -0.3 is 15.4 Å². The van der Waals surface area contributed by atoms with Gasteiger partial charge in [-0.15, -0.1) is 0 Å². The molecule has 0 radical (unpaired) electrons. The van der Waals surface area contributed by atoms with Crippen molar-refractivity contribution in [1.29, 1.82) is 0 Å². The highest BCUT2D eigenvalue weighted by molar-refractivity contribution is 6.00. The van der Waals surface area contributed by atoms with Gasteiger partial charge in [-0.1, -0.05) is 18.2 Å². The van der Waals surface area contributed by atoms with Gasteiger partial charge in [-0.05, 0) is 36.2 Å². The first-order valence-electron chi connectivity index (χ1n) is 9.88. The molecule has 2 aromatic rings. The van der Waals surface area contributed by atoms with Crippen LogP contribution in [0.3, 0.4) is 0 Å². The Morgan fingerprint density at radius 2 is 2.13 bits per heavy atom. The van der Waals surface area contributed by atoms with Crippen LogP contribution in [0.15, 0.2) is 24.3 Å². The first-order valence-corrected chi connectivity index (χ1v) is 9.88. The third kappa shape index (κ3) is 3.71. The van der Waals surface area contributed by atoms with Gasteiger partial charge in [-0.3, -0.25) is 9.69 Å². The molecule has 31 heavy (non-hydrogen) atoms. The number of H-pyrrole nitrogens is 1. The Morgan fingerprint density at radius 1 is 1.39 bits per heavy atom. The minimum Gasteiger partial charge on any atom is -0.394 e. The molecule has 1 aliphatic carbocycles. The van der Waals surface area contributed by atoms with Crippen LogP contribution < -0.4 is 5.32 Å². The number of aromatic nitrogens is 1. The number of carbonyl (C=O) groups is 1. The molecule has 5 nitrogen and oxygen atoms in total. The normalized spacial score (nSPS) is 23.3. The van der Waals surface area contributed by atoms with Crippen molar-refractivity contribution >= 4 is 22.4 Å². The molecule has 4 unspecified atom stereocenters. The maximum absolute atomic E-state index is 13.6. The number of fused-ring (bicyclic) bond motifs is 2. The number of aliphatic hydroxyl groups excluding tert-OH is 1. The van der Waals surface area contributed by atoms with Crippen molar-refractivity contribution in [3.05, 3.63) is 41.1 Å². The second kappa shape index (κ2) is 7.90. The van der Waals surface area contributed by atoms with Gasteiger partial charge in [-0.25, -0.2) is 8.78 Å². The van der Waals surface area contributed by atoms with Crippen molar-refractivity contribution < 1.29 is 31.9 Å². The predicted octanol–water partition coefficient (Wildman–Crippen LogP) is 2.88. The van der Waals surface area contributed by atoms with Gasteiger partial charge in [-0.2, -0.15) is 13.2 Å². The number of amides is 1. The maximum Gasteiger partial charge on any atom is 0.421 e. The highest BCUT2D eigenvalue weighted by atomic mass is 19.4. The fourth-order valence-corrected chi connectivity index (χ4v) is 4.62. The van der Waals surface area contributed by atoms with Gasteiger partial charge in [0.05, 0.1) is 24.3 Å². The Hall–Kier alpha value is -2.46. The third-order valence-electron chi connectivity index (χ3n) is 6.14. The van der Waals surface area contributed by atoms with E-state index in [-0.39, 0.29) is 12.6 Å². The van der Waals surface area contributed by atoms with Crippen molar-refractivity contribution in [2.45, 2.75) is 37.5 Å². The molecule has 0 fully saturated rings. The van der Waals surface area contributed by atoms with E-state index in [2.05, 4.69) is 4.98 Å². The molecule has 4 rings (SSSR count). The van der Waals surface area contributed by atoms with Crippen molar-refractivity contribution in [1.82, 2.24) is 15.2 Å². The summed E-state index contributed by atoms with van der Waals surface area (Å²) in [6.45, 7) is -1.61. The van der Waals surface area contributed by atoms with Crippen LogP contribution >= 0.6 is 0 Å². The molecule has 2 heterocycles. The largest absolute Gasteiger partial charge is 0.421 e. The Morgan fingerprint density at radius 3 is 2.77 bits per heavy atom. The number of aliphatic hydroxyl groups is 1. The van der Waals surface area contributed by atoms with E-state index >= 15 is 0 Å². The zero-order valence-electron chi connectivity index (χ0n) is 16.6. The molecule has 1 aromatic carbocycles. The van der Waals surface area contributed by atoms with E-state index in [1.807, 2.05) is 28.4 Å². The molecule has 0 spiro atoms. The van der Waals surface area contributed by atoms with E-state index < -0.39 is 43.5 Å². The van der Waals surface area contributed by atoms with E-state index in [4.69, 9.17) is 5.11 Å². The van der Waals surface area contributed by atoms with Gasteiger partial charge >= 0.3 is 6.18 Å². The first-order chi connectivity index (χ1) is 14.7. The highest BCUT2D eigenvalue weighted by Gasteiger charge is 2.46. The van der Waals surface area contributed by atoms with Crippen LogP contribution in [-0.4, -0.2) is 65.5 Å². The lowest BCUT2D eigenvalue weighted by Gasteiger charge is -2.40. The fourth-order valence-electron chi connectivity index (χ4n) is 4.62. The number of carbonyl (C=O) groups excluding carboxylic acids is 1. The van der Waals surface area contributed by atoms with Crippen molar-refractivity contribution in [3.8, 4) is 0 Å². The molecule has 0 saturated heterocycles. The van der Waals surface area contributed by atoms with Crippen LogP contribution in [-0.2, 0) is 17.9 Å². The van der Waals surface area contributed by atoms with Crippen LogP contribution in [0.5, 0.6) is 0 Å². The van der Waals surface area contributed by atoms with Gasteiger partial charge in [0, 0.05) is 23.5 Å². The van der Waals surface area contributed by atoms with Gasteiger partial charge in [0.2, 0.25) is 12.1 Å². The summed E-state index contributed by atoms with van der Waals surface area (Å²) < 4.78 is 65.2. The lowest BCUT2D eigenvalue weighted by Crippen LogP contribution is -2.53. The number of nitrogens with zero attached hydrogens (tertiary/aromatic N) is 1. The number of aromatic amines is 1. The van der Waals surface area contributed by atoms with Crippen molar-refractivity contribution in [2.24, 2.45) is 5.92 Å². The summed E-state index contributed by atoms with van der Waals surface area (Å²) in [6.07, 6.45) is -6.33. The lowest BCUT2D eigenvalue weighted by molar-refractivity contribution is -0.191. The number of benzene rings is 1. The minimum absolute atomic E-state index is 0.124. The SMILES string of the molecule is CN1CC(C(=O)NC(CO)C(F)C(F)(F)F)C=C2c3cccc4[nH]c(CF)c(c34)CC21. The molecule has 10 heteroatoms. The Labute approximate surface area is 174 Å². The second-order valence-electron chi connectivity index (χ2n) is 8.07. The zero-order chi connectivity index (χ0) is 22.5. The molecule has 0 saturated carbocycles. The summed E-state index contributed by atoms with van der Waals surface area (Å²) in [6, 6.07) is 3.31. The average Bonchev–Trinajstić information content (AvgIpc) is 3.10. The molecule has 4 atom stereocenters. The summed E-state index contributed by atoms with van der Waals surface area (Å²) >= 11 is 0. The highest BCUT2D eigenvalue weighted by Crippen LogP contribution is 2.42. The number of nitrogens with one attached hydrogen (secondary N) is 2. The van der Waals surface area contributed by atoms with Gasteiger partial charge in [0.15, 0.2) is 0 Å². The summed E-state index contributed by atoms with van der Waals surface area (Å²) in [5.41, 5.74) is 3.84. The van der Waals surface area contributed by atoms with E-state index in [9.17, 15) is 26.7 Å². The van der Waals surface area contributed by atoms with Crippen LogP contribution in [0.2, 0.25) is 0 Å². The average molecular weight is 443 g/mol. The van der Waals surface area contributed by atoms with E-state index in [1.165, 1.54) is 0 Å². The summed E-state index contributed by atoms with van der Waals surface area (Å²) in [5, 5.41) is 12.0. The maximum atomic E-state index is 13.6. The molecular weight excluding hydrogens is 421 g/mol. The summed E-state index contributed by atoms with van der Waals surface area (Å²) in [5.74, 6) is -1.62. The van der Waals surface area contributed by atoms with E-state index in [0.717, 1.165) is 27.6 Å². The second-order valence-corrected chi connectivity index (χ2v) is 8.07. The number of hydrogen-bond acceptors (Lipinski definition) is 3. The van der Waals surface area contributed by atoms with Crippen LogP contribution in [0, 0.1) is 5.92 Å². The molecule has 168 valence electrons. The van der Waals surface area contributed by atoms with Crippen molar-refractivity contribution in [2.75, 3.05) is 20.2 Å². The Bertz CT molecular complexity index is 1030. The van der Waals surface area contributed by atoms with Crippen LogP contribution in [0.4, 0.5) is 22.0 Å². The predicted molar refractivity (Wildman–Crippen MR) is 105 cm³/mol. The van der Waals surface area contributed by atoms with E-state index in [1.54, 1.807) is 13.1 Å². The molecule has 1 aromatic heterocycles. The van der Waals surface area contributed by atoms with Gasteiger partial charge in [0.1, 0.15) is 6.67 Å². The van der Waals surface area contributed by atoms with E-state index in [0.29, 0.717) is 12.1 Å². The van der Waals surface area contributed by atoms with Crippen LogP contribution in [0.25, 0.3) is 16.5 Å². The van der Waals surface area contributed by atoms with Crippen molar-refractivity contribution in [3.63, 3.8) is 0 Å². The molecule has 1 amide bonds. The van der Waals surface area contributed by atoms with Crippen LogP contribution in [0.1, 0.15) is 16.8 Å². The molecule has 2 aliphatic rings. The molecular formula is C21H22F5N3O2.